The Morgan fingerprint density at radius 2 is 1.68 bits per heavy atom. The number of carbonyl (C=O) groups excluding carboxylic acids is 1. The van der Waals surface area contributed by atoms with Crippen molar-refractivity contribution in [3.63, 3.8) is 0 Å². The summed E-state index contributed by atoms with van der Waals surface area (Å²) in [5.41, 5.74) is 2.59. The zero-order chi connectivity index (χ0) is 25.8. The maximum atomic E-state index is 13.7. The van der Waals surface area contributed by atoms with Crippen molar-refractivity contribution in [2.45, 2.75) is 32.9 Å². The van der Waals surface area contributed by atoms with Crippen LogP contribution in [0.3, 0.4) is 0 Å². The molecule has 1 atom stereocenters. The van der Waals surface area contributed by atoms with Crippen LogP contribution in [-0.4, -0.2) is 41.9 Å². The Hall–Kier alpha value is -3.90. The zero-order valence-corrected chi connectivity index (χ0v) is 21.4. The number of amides is 1. The van der Waals surface area contributed by atoms with E-state index in [9.17, 15) is 9.59 Å². The predicted molar refractivity (Wildman–Crippen MR) is 145 cm³/mol. The lowest BCUT2D eigenvalue weighted by Gasteiger charge is -2.27. The van der Waals surface area contributed by atoms with Gasteiger partial charge in [0.25, 0.3) is 5.91 Å². The highest BCUT2D eigenvalue weighted by Gasteiger charge is 2.42. The molecule has 4 aromatic rings. The quantitative estimate of drug-likeness (QED) is 0.284. The highest BCUT2D eigenvalue weighted by Crippen LogP contribution is 2.39. The van der Waals surface area contributed by atoms with Crippen molar-refractivity contribution in [3.05, 3.63) is 112 Å². The van der Waals surface area contributed by atoms with E-state index in [2.05, 4.69) is 18.7 Å². The fraction of sp³-hybridized carbons (Fsp3) is 0.290. The summed E-state index contributed by atoms with van der Waals surface area (Å²) in [4.78, 5) is 31.4. The first kappa shape index (κ1) is 24.8. The summed E-state index contributed by atoms with van der Waals surface area (Å²) in [6, 6.07) is 24.3. The first-order valence-electron chi connectivity index (χ1n) is 13.0. The second kappa shape index (κ2) is 11.0. The molecule has 1 unspecified atom stereocenters. The van der Waals surface area contributed by atoms with Gasteiger partial charge in [0, 0.05) is 6.54 Å². The fourth-order valence-corrected chi connectivity index (χ4v) is 5.06. The number of carbonyl (C=O) groups is 1. The van der Waals surface area contributed by atoms with E-state index in [0.29, 0.717) is 35.4 Å². The van der Waals surface area contributed by atoms with Gasteiger partial charge in [-0.15, -0.1) is 0 Å². The van der Waals surface area contributed by atoms with E-state index in [4.69, 9.17) is 9.15 Å². The van der Waals surface area contributed by atoms with Gasteiger partial charge in [0.1, 0.15) is 17.9 Å². The zero-order valence-electron chi connectivity index (χ0n) is 21.4. The molecule has 0 N–H and O–H groups in total. The molecule has 6 heteroatoms. The predicted octanol–water partition coefficient (Wildman–Crippen LogP) is 5.65. The summed E-state index contributed by atoms with van der Waals surface area (Å²) >= 11 is 0. The third kappa shape index (κ3) is 5.02. The molecule has 5 rings (SSSR count). The van der Waals surface area contributed by atoms with Gasteiger partial charge < -0.3 is 19.0 Å². The Kier molecular flexibility index (Phi) is 7.37. The van der Waals surface area contributed by atoms with Crippen LogP contribution in [0.15, 0.2) is 88.1 Å². The molecule has 2 heterocycles. The topological polar surface area (TPSA) is 63.0 Å². The maximum absolute atomic E-state index is 13.7. The standard InChI is InChI=1S/C31H32N2O4/c1-3-32(4-2)18-11-19-33-28(23-14-10-15-24(20-23)36-21-22-12-6-5-7-13-22)27-29(34)25-16-8-9-17-26(25)37-30(27)31(33)35/h5-10,12-17,20,28H,3-4,11,18-19,21H2,1-2H3. The van der Waals surface area contributed by atoms with Crippen molar-refractivity contribution < 1.29 is 13.9 Å². The fourth-order valence-electron chi connectivity index (χ4n) is 5.06. The molecule has 1 amide bonds. The van der Waals surface area contributed by atoms with Gasteiger partial charge in [-0.05, 0) is 61.4 Å². The molecule has 0 saturated carbocycles. The number of fused-ring (bicyclic) bond motifs is 2. The summed E-state index contributed by atoms with van der Waals surface area (Å²) in [5.74, 6) is 0.598. The molecule has 0 saturated heterocycles. The summed E-state index contributed by atoms with van der Waals surface area (Å²) in [7, 11) is 0. The molecule has 1 aliphatic rings. The van der Waals surface area contributed by atoms with Crippen molar-refractivity contribution in [2.24, 2.45) is 0 Å². The SMILES string of the molecule is CCN(CC)CCCN1C(=O)c2oc3ccccc3c(=O)c2C1c1cccc(OCc2ccccc2)c1. The minimum absolute atomic E-state index is 0.146. The maximum Gasteiger partial charge on any atom is 0.290 e. The number of para-hydroxylation sites is 1. The van der Waals surface area contributed by atoms with Crippen molar-refractivity contribution >= 4 is 16.9 Å². The molecule has 0 bridgehead atoms. The molecule has 3 aromatic carbocycles. The van der Waals surface area contributed by atoms with Crippen LogP contribution in [-0.2, 0) is 6.61 Å². The number of benzene rings is 3. The van der Waals surface area contributed by atoms with Crippen LogP contribution in [0.5, 0.6) is 5.75 Å². The monoisotopic (exact) mass is 496 g/mol. The number of hydrogen-bond donors (Lipinski definition) is 0. The van der Waals surface area contributed by atoms with Crippen LogP contribution >= 0.6 is 0 Å². The lowest BCUT2D eigenvalue weighted by atomic mass is 9.98. The molecule has 0 fully saturated rings. The van der Waals surface area contributed by atoms with Crippen LogP contribution in [0, 0.1) is 0 Å². The smallest absolute Gasteiger partial charge is 0.290 e. The molecule has 1 aromatic heterocycles. The lowest BCUT2D eigenvalue weighted by Crippen LogP contribution is -2.33. The van der Waals surface area contributed by atoms with Crippen LogP contribution in [0.2, 0.25) is 0 Å². The molecule has 190 valence electrons. The van der Waals surface area contributed by atoms with Gasteiger partial charge in [0.15, 0.2) is 5.43 Å². The molecule has 0 aliphatic carbocycles. The Morgan fingerprint density at radius 3 is 2.46 bits per heavy atom. The number of ether oxygens (including phenoxy) is 1. The van der Waals surface area contributed by atoms with Crippen LogP contribution < -0.4 is 10.2 Å². The second-order valence-corrected chi connectivity index (χ2v) is 9.30. The van der Waals surface area contributed by atoms with Gasteiger partial charge in [-0.1, -0.05) is 68.4 Å². The van der Waals surface area contributed by atoms with Crippen molar-refractivity contribution in [1.29, 1.82) is 0 Å². The Balaban J connectivity index is 1.51. The van der Waals surface area contributed by atoms with E-state index in [1.54, 1.807) is 17.0 Å². The van der Waals surface area contributed by atoms with Crippen LogP contribution in [0.1, 0.15) is 53.6 Å². The highest BCUT2D eigenvalue weighted by atomic mass is 16.5. The van der Waals surface area contributed by atoms with E-state index in [1.807, 2.05) is 66.7 Å². The van der Waals surface area contributed by atoms with E-state index in [0.717, 1.165) is 37.2 Å². The molecular weight excluding hydrogens is 464 g/mol. The molecule has 0 spiro atoms. The Morgan fingerprint density at radius 1 is 0.919 bits per heavy atom. The van der Waals surface area contributed by atoms with Gasteiger partial charge in [-0.25, -0.2) is 0 Å². The number of rotatable bonds is 10. The largest absolute Gasteiger partial charge is 0.489 e. The average molecular weight is 497 g/mol. The molecule has 0 radical (unpaired) electrons. The lowest BCUT2D eigenvalue weighted by molar-refractivity contribution is 0.0720. The van der Waals surface area contributed by atoms with Gasteiger partial charge in [-0.2, -0.15) is 0 Å². The van der Waals surface area contributed by atoms with Crippen molar-refractivity contribution in [1.82, 2.24) is 9.80 Å². The van der Waals surface area contributed by atoms with Crippen LogP contribution in [0.25, 0.3) is 11.0 Å². The first-order valence-corrected chi connectivity index (χ1v) is 13.0. The van der Waals surface area contributed by atoms with Gasteiger partial charge in [0.2, 0.25) is 5.76 Å². The van der Waals surface area contributed by atoms with E-state index in [1.165, 1.54) is 0 Å². The van der Waals surface area contributed by atoms with Crippen LogP contribution in [0.4, 0.5) is 0 Å². The van der Waals surface area contributed by atoms with Crippen molar-refractivity contribution in [3.8, 4) is 5.75 Å². The Bertz CT molecular complexity index is 1440. The highest BCUT2D eigenvalue weighted by molar-refractivity contribution is 5.99. The van der Waals surface area contributed by atoms with E-state index in [-0.39, 0.29) is 17.1 Å². The third-order valence-electron chi connectivity index (χ3n) is 7.06. The third-order valence-corrected chi connectivity index (χ3v) is 7.06. The van der Waals surface area contributed by atoms with Gasteiger partial charge >= 0.3 is 0 Å². The molecule has 6 nitrogen and oxygen atoms in total. The average Bonchev–Trinajstić information content (AvgIpc) is 3.22. The van der Waals surface area contributed by atoms with E-state index >= 15 is 0 Å². The Labute approximate surface area is 217 Å². The van der Waals surface area contributed by atoms with E-state index < -0.39 is 6.04 Å². The van der Waals surface area contributed by atoms with Gasteiger partial charge in [-0.3, -0.25) is 9.59 Å². The normalized spacial score (nSPS) is 14.9. The molecule has 1 aliphatic heterocycles. The number of nitrogens with zero attached hydrogens (tertiary/aromatic N) is 2. The van der Waals surface area contributed by atoms with Crippen molar-refractivity contribution in [2.75, 3.05) is 26.2 Å². The first-order chi connectivity index (χ1) is 18.1. The second-order valence-electron chi connectivity index (χ2n) is 9.30. The molecular formula is C31H32N2O4. The van der Waals surface area contributed by atoms with Gasteiger partial charge in [0.05, 0.1) is 17.0 Å². The summed E-state index contributed by atoms with van der Waals surface area (Å²) in [6.45, 7) is 8.03. The minimum Gasteiger partial charge on any atom is -0.489 e. The summed E-state index contributed by atoms with van der Waals surface area (Å²) in [6.07, 6.45) is 0.801. The molecule has 37 heavy (non-hydrogen) atoms. The minimum atomic E-state index is -0.527. The summed E-state index contributed by atoms with van der Waals surface area (Å²) < 4.78 is 12.1. The number of hydrogen-bond acceptors (Lipinski definition) is 5. The summed E-state index contributed by atoms with van der Waals surface area (Å²) in [5, 5.41) is 0.487.